The van der Waals surface area contributed by atoms with Gasteiger partial charge in [0.25, 0.3) is 5.56 Å². The maximum atomic E-state index is 12.0. The Morgan fingerprint density at radius 1 is 1.28 bits per heavy atom. The number of aryl methyl sites for hydroxylation is 1. The van der Waals surface area contributed by atoms with Crippen molar-refractivity contribution in [3.05, 3.63) is 45.9 Å². The molecule has 0 fully saturated rings. The Kier molecular flexibility index (Phi) is 4.93. The maximum Gasteiger partial charge on any atom is 0.254 e. The third kappa shape index (κ3) is 4.27. The van der Waals surface area contributed by atoms with Crippen LogP contribution < -0.4 is 16.0 Å². The van der Waals surface area contributed by atoms with Crippen LogP contribution in [0.25, 0.3) is 0 Å². The van der Waals surface area contributed by atoms with Crippen LogP contribution in [0.4, 0.5) is 5.69 Å². The van der Waals surface area contributed by atoms with Crippen molar-refractivity contribution >= 4 is 33.4 Å². The van der Waals surface area contributed by atoms with Crippen molar-refractivity contribution in [1.29, 1.82) is 0 Å². The van der Waals surface area contributed by atoms with E-state index in [1.807, 2.05) is 0 Å². The molecule has 3 rings (SSSR count). The monoisotopic (exact) mass is 380 g/mol. The number of nitrogens with zero attached hydrogens (tertiary/aromatic N) is 1. The highest BCUT2D eigenvalue weighted by Gasteiger charge is 2.17. The summed E-state index contributed by atoms with van der Waals surface area (Å²) >= 11 is 1.14. The fraction of sp³-hybridized carbons (Fsp3) is 0.267. The van der Waals surface area contributed by atoms with Crippen LogP contribution in [0.15, 0.2) is 39.1 Å². The van der Waals surface area contributed by atoms with Gasteiger partial charge in [-0.1, -0.05) is 11.8 Å². The van der Waals surface area contributed by atoms with E-state index in [9.17, 15) is 18.0 Å². The Hall–Kier alpha value is -2.17. The average molecular weight is 380 g/mol. The van der Waals surface area contributed by atoms with Gasteiger partial charge < -0.3 is 10.3 Å². The van der Waals surface area contributed by atoms with E-state index in [-0.39, 0.29) is 22.1 Å². The molecule has 0 unspecified atom stereocenters. The van der Waals surface area contributed by atoms with Gasteiger partial charge in [-0.2, -0.15) is 0 Å². The second-order valence-corrected chi connectivity index (χ2v) is 8.08. The van der Waals surface area contributed by atoms with Gasteiger partial charge in [0.1, 0.15) is 0 Å². The summed E-state index contributed by atoms with van der Waals surface area (Å²) in [5.41, 5.74) is 1.87. The maximum absolute atomic E-state index is 12.0. The summed E-state index contributed by atoms with van der Waals surface area (Å²) in [7, 11) is -3.76. The topological polar surface area (TPSA) is 135 Å². The van der Waals surface area contributed by atoms with E-state index in [1.54, 1.807) is 0 Å². The first-order valence-electron chi connectivity index (χ1n) is 7.50. The number of aromatic nitrogens is 2. The summed E-state index contributed by atoms with van der Waals surface area (Å²) in [5.74, 6) is -0.227. The van der Waals surface area contributed by atoms with Gasteiger partial charge in [-0.25, -0.2) is 18.5 Å². The van der Waals surface area contributed by atoms with Gasteiger partial charge in [-0.15, -0.1) is 0 Å². The van der Waals surface area contributed by atoms with Gasteiger partial charge in [0, 0.05) is 11.3 Å². The van der Waals surface area contributed by atoms with E-state index in [2.05, 4.69) is 15.3 Å². The van der Waals surface area contributed by atoms with E-state index in [1.165, 1.54) is 24.3 Å². The molecule has 4 N–H and O–H groups in total. The molecule has 0 bridgehead atoms. The average Bonchev–Trinajstić information content (AvgIpc) is 3.02. The Labute approximate surface area is 148 Å². The molecule has 0 radical (unpaired) electrons. The third-order valence-corrected chi connectivity index (χ3v) is 5.53. The summed E-state index contributed by atoms with van der Waals surface area (Å²) in [6.07, 6.45) is 2.46. The van der Waals surface area contributed by atoms with Crippen LogP contribution in [0.2, 0.25) is 0 Å². The number of hydrogen-bond donors (Lipinski definition) is 3. The lowest BCUT2D eigenvalue weighted by Gasteiger charge is -2.06. The van der Waals surface area contributed by atoms with Gasteiger partial charge in [0.2, 0.25) is 15.9 Å². The molecule has 0 aliphatic heterocycles. The molecule has 1 amide bonds. The van der Waals surface area contributed by atoms with Gasteiger partial charge in [0.15, 0.2) is 5.16 Å². The number of hydrogen-bond acceptors (Lipinski definition) is 6. The molecule has 0 saturated carbocycles. The molecular formula is C15H16N4O4S2. The zero-order valence-electron chi connectivity index (χ0n) is 13.1. The highest BCUT2D eigenvalue weighted by molar-refractivity contribution is 7.99. The lowest BCUT2D eigenvalue weighted by Crippen LogP contribution is -2.17. The molecule has 0 spiro atoms. The fourth-order valence-corrected chi connectivity index (χ4v) is 3.74. The number of rotatable bonds is 5. The number of sulfonamides is 1. The number of nitrogens with two attached hydrogens (primary N) is 1. The van der Waals surface area contributed by atoms with Crippen LogP contribution in [0.3, 0.4) is 0 Å². The Morgan fingerprint density at radius 3 is 2.68 bits per heavy atom. The molecule has 10 heteroatoms. The van der Waals surface area contributed by atoms with E-state index >= 15 is 0 Å². The van der Waals surface area contributed by atoms with E-state index < -0.39 is 10.0 Å². The molecule has 0 atom stereocenters. The van der Waals surface area contributed by atoms with Crippen LogP contribution in [0.5, 0.6) is 0 Å². The number of primary sulfonamides is 1. The van der Waals surface area contributed by atoms with Crippen molar-refractivity contribution in [2.75, 3.05) is 11.1 Å². The number of aromatic amines is 1. The van der Waals surface area contributed by atoms with Crippen molar-refractivity contribution in [3.8, 4) is 0 Å². The lowest BCUT2D eigenvalue weighted by atomic mass is 10.3. The summed E-state index contributed by atoms with van der Waals surface area (Å²) < 4.78 is 22.4. The van der Waals surface area contributed by atoms with Crippen LogP contribution in [-0.4, -0.2) is 30.0 Å². The Bertz CT molecular complexity index is 968. The smallest absolute Gasteiger partial charge is 0.254 e. The number of nitrogens with one attached hydrogen (secondary N) is 2. The largest absolute Gasteiger partial charge is 0.325 e. The number of thioether (sulfide) groups is 1. The number of H-pyrrole nitrogens is 1. The summed E-state index contributed by atoms with van der Waals surface area (Å²) in [6, 6.07) is 5.55. The predicted octanol–water partition coefficient (Wildman–Crippen LogP) is 0.637. The number of fused-ring (bicyclic) bond motifs is 1. The molecule has 1 aliphatic carbocycles. The first kappa shape index (κ1) is 17.6. The van der Waals surface area contributed by atoms with Crippen molar-refractivity contribution in [3.63, 3.8) is 0 Å². The van der Waals surface area contributed by atoms with E-state index in [0.29, 0.717) is 10.8 Å². The minimum atomic E-state index is -3.76. The molecule has 8 nitrogen and oxygen atoms in total. The summed E-state index contributed by atoms with van der Waals surface area (Å²) in [4.78, 5) is 30.9. The van der Waals surface area contributed by atoms with E-state index in [0.717, 1.165) is 42.3 Å². The summed E-state index contributed by atoms with van der Waals surface area (Å²) in [6.45, 7) is 0. The number of carbonyl (C=O) groups excluding carboxylic acids is 1. The van der Waals surface area contributed by atoms with Gasteiger partial charge in [0.05, 0.1) is 16.3 Å². The first-order chi connectivity index (χ1) is 11.8. The standard InChI is InChI=1S/C15H16N4O4S2/c16-25(22,23)10-6-4-9(5-7-10)17-13(20)8-24-15-18-12-3-1-2-11(12)14(21)19-15/h4-7H,1-3,8H2,(H,17,20)(H2,16,22,23)(H,18,19,21). The zero-order chi connectivity index (χ0) is 18.0. The molecule has 1 aliphatic rings. The van der Waals surface area contributed by atoms with Crippen LogP contribution in [0.1, 0.15) is 17.7 Å². The Balaban J connectivity index is 1.60. The Morgan fingerprint density at radius 2 is 2.00 bits per heavy atom. The van der Waals surface area contributed by atoms with Gasteiger partial charge in [-0.3, -0.25) is 9.59 Å². The normalized spacial score (nSPS) is 13.5. The highest BCUT2D eigenvalue weighted by atomic mass is 32.2. The predicted molar refractivity (Wildman–Crippen MR) is 94.1 cm³/mol. The van der Waals surface area contributed by atoms with Crippen molar-refractivity contribution in [2.45, 2.75) is 29.3 Å². The second kappa shape index (κ2) is 6.98. The molecular weight excluding hydrogens is 364 g/mol. The number of amides is 1. The highest BCUT2D eigenvalue weighted by Crippen LogP contribution is 2.20. The minimum absolute atomic E-state index is 0.0280. The molecule has 25 heavy (non-hydrogen) atoms. The molecule has 132 valence electrons. The molecule has 2 aromatic rings. The number of carbonyl (C=O) groups is 1. The van der Waals surface area contributed by atoms with Crippen LogP contribution in [0, 0.1) is 0 Å². The molecule has 1 aromatic heterocycles. The molecule has 0 saturated heterocycles. The van der Waals surface area contributed by atoms with Gasteiger partial charge >= 0.3 is 0 Å². The van der Waals surface area contributed by atoms with Crippen LogP contribution in [-0.2, 0) is 27.7 Å². The SMILES string of the molecule is NS(=O)(=O)c1ccc(NC(=O)CSc2nc3c(c(=O)[nH]2)CCC3)cc1. The van der Waals surface area contributed by atoms with Crippen molar-refractivity contribution < 1.29 is 13.2 Å². The number of benzene rings is 1. The summed E-state index contributed by atoms with van der Waals surface area (Å²) in [5, 5.41) is 8.08. The zero-order valence-corrected chi connectivity index (χ0v) is 14.7. The molecule has 1 aromatic carbocycles. The van der Waals surface area contributed by atoms with E-state index in [4.69, 9.17) is 5.14 Å². The first-order valence-corrected chi connectivity index (χ1v) is 10.0. The second-order valence-electron chi connectivity index (χ2n) is 5.56. The van der Waals surface area contributed by atoms with Crippen LogP contribution >= 0.6 is 11.8 Å². The third-order valence-electron chi connectivity index (χ3n) is 3.73. The van der Waals surface area contributed by atoms with Crippen molar-refractivity contribution in [2.24, 2.45) is 5.14 Å². The lowest BCUT2D eigenvalue weighted by molar-refractivity contribution is -0.113. The van der Waals surface area contributed by atoms with Crippen molar-refractivity contribution in [1.82, 2.24) is 9.97 Å². The number of anilines is 1. The molecule has 1 heterocycles. The van der Waals surface area contributed by atoms with Gasteiger partial charge in [-0.05, 0) is 43.5 Å². The minimum Gasteiger partial charge on any atom is -0.325 e. The quantitative estimate of drug-likeness (QED) is 0.514. The fourth-order valence-electron chi connectivity index (χ4n) is 2.55.